The number of aliphatic hydroxyl groups is 1. The lowest BCUT2D eigenvalue weighted by Crippen LogP contribution is -2.34. The zero-order valence-electron chi connectivity index (χ0n) is 8.99. The van der Waals surface area contributed by atoms with Crippen molar-refractivity contribution in [2.24, 2.45) is 23.2 Å². The highest BCUT2D eigenvalue weighted by molar-refractivity contribution is 5.73. The second kappa shape index (κ2) is 2.96. The number of carbonyl (C=O) groups is 1. The summed E-state index contributed by atoms with van der Waals surface area (Å²) in [7, 11) is 1.39. The maximum Gasteiger partial charge on any atom is 0.311 e. The predicted octanol–water partition coefficient (Wildman–Crippen LogP) is 1.20. The van der Waals surface area contributed by atoms with Crippen molar-refractivity contribution >= 4 is 5.97 Å². The lowest BCUT2D eigenvalue weighted by atomic mass is 9.86. The van der Waals surface area contributed by atoms with Crippen molar-refractivity contribution in [3.63, 3.8) is 0 Å². The van der Waals surface area contributed by atoms with Gasteiger partial charge in [0.2, 0.25) is 0 Å². The maximum absolute atomic E-state index is 11.4. The molecule has 14 heavy (non-hydrogen) atoms. The number of rotatable bonds is 1. The highest BCUT2D eigenvalue weighted by atomic mass is 16.5. The van der Waals surface area contributed by atoms with Gasteiger partial charge in [0.05, 0.1) is 19.1 Å². The van der Waals surface area contributed by atoms with Crippen LogP contribution in [0.25, 0.3) is 0 Å². The van der Waals surface area contributed by atoms with Crippen LogP contribution in [0.15, 0.2) is 0 Å². The molecule has 0 radical (unpaired) electrons. The van der Waals surface area contributed by atoms with E-state index >= 15 is 0 Å². The zero-order chi connectivity index (χ0) is 10.5. The molecule has 3 nitrogen and oxygen atoms in total. The molecule has 2 unspecified atom stereocenters. The number of ether oxygens (including phenoxy) is 1. The molecule has 0 aromatic rings. The first kappa shape index (κ1) is 9.97. The number of hydrogen-bond donors (Lipinski definition) is 1. The second-order valence-electron chi connectivity index (χ2n) is 5.15. The minimum absolute atomic E-state index is 0.224. The highest BCUT2D eigenvalue weighted by Gasteiger charge is 2.64. The van der Waals surface area contributed by atoms with Crippen molar-refractivity contribution in [1.82, 2.24) is 0 Å². The van der Waals surface area contributed by atoms with Gasteiger partial charge in [-0.05, 0) is 30.1 Å². The molecule has 2 saturated carbocycles. The monoisotopic (exact) mass is 198 g/mol. The summed E-state index contributed by atoms with van der Waals surface area (Å²) in [6, 6.07) is 0. The van der Waals surface area contributed by atoms with Crippen LogP contribution in [0.5, 0.6) is 0 Å². The molecule has 0 spiro atoms. The highest BCUT2D eigenvalue weighted by Crippen LogP contribution is 2.65. The van der Waals surface area contributed by atoms with Crippen molar-refractivity contribution in [3.05, 3.63) is 0 Å². The van der Waals surface area contributed by atoms with E-state index in [0.717, 1.165) is 12.8 Å². The fourth-order valence-corrected chi connectivity index (χ4v) is 3.20. The fraction of sp³-hybridized carbons (Fsp3) is 0.909. The molecular formula is C11H18O3. The number of carbonyl (C=O) groups excluding carboxylic acids is 1. The van der Waals surface area contributed by atoms with Crippen LogP contribution in [-0.2, 0) is 9.53 Å². The Morgan fingerprint density at radius 1 is 1.43 bits per heavy atom. The molecule has 0 saturated heterocycles. The van der Waals surface area contributed by atoms with E-state index in [4.69, 9.17) is 4.74 Å². The predicted molar refractivity (Wildman–Crippen MR) is 51.5 cm³/mol. The van der Waals surface area contributed by atoms with Gasteiger partial charge in [0.15, 0.2) is 0 Å². The minimum atomic E-state index is -0.490. The van der Waals surface area contributed by atoms with Crippen LogP contribution in [0.1, 0.15) is 26.7 Å². The molecule has 0 aromatic heterocycles. The molecule has 0 aliphatic heterocycles. The summed E-state index contributed by atoms with van der Waals surface area (Å²) in [5.74, 6) is 0.375. The van der Waals surface area contributed by atoms with E-state index < -0.39 is 6.10 Å². The third-order valence-corrected chi connectivity index (χ3v) is 4.21. The quantitative estimate of drug-likeness (QED) is 0.644. The molecule has 2 rings (SSSR count). The van der Waals surface area contributed by atoms with E-state index in [1.807, 2.05) is 0 Å². The minimum Gasteiger partial charge on any atom is -0.469 e. The van der Waals surface area contributed by atoms with Gasteiger partial charge < -0.3 is 9.84 Å². The number of esters is 1. The SMILES string of the molecule is COC(=O)C1CC[C@@H]2[C@H](C1O)C2(C)C. The smallest absolute Gasteiger partial charge is 0.311 e. The average Bonchev–Trinajstić information content (AvgIpc) is 2.70. The van der Waals surface area contributed by atoms with Gasteiger partial charge in [-0.3, -0.25) is 4.79 Å². The molecule has 1 N–H and O–H groups in total. The molecule has 80 valence electrons. The van der Waals surface area contributed by atoms with Crippen molar-refractivity contribution in [1.29, 1.82) is 0 Å². The maximum atomic E-state index is 11.4. The Morgan fingerprint density at radius 3 is 2.64 bits per heavy atom. The Bertz CT molecular complexity index is 259. The summed E-state index contributed by atoms with van der Waals surface area (Å²) >= 11 is 0. The normalized spacial score (nSPS) is 44.0. The van der Waals surface area contributed by atoms with Gasteiger partial charge in [-0.25, -0.2) is 0 Å². The first-order valence-electron chi connectivity index (χ1n) is 5.26. The molecule has 2 fully saturated rings. The van der Waals surface area contributed by atoms with Crippen LogP contribution in [0.3, 0.4) is 0 Å². The molecule has 2 aliphatic rings. The van der Waals surface area contributed by atoms with Crippen molar-refractivity contribution in [2.45, 2.75) is 32.8 Å². The topological polar surface area (TPSA) is 46.5 Å². The van der Waals surface area contributed by atoms with Gasteiger partial charge in [-0.1, -0.05) is 13.8 Å². The van der Waals surface area contributed by atoms with Crippen molar-refractivity contribution in [3.8, 4) is 0 Å². The Morgan fingerprint density at radius 2 is 2.07 bits per heavy atom. The lowest BCUT2D eigenvalue weighted by molar-refractivity contribution is -0.151. The van der Waals surface area contributed by atoms with E-state index in [2.05, 4.69) is 13.8 Å². The summed E-state index contributed by atoms with van der Waals surface area (Å²) in [5, 5.41) is 10.0. The van der Waals surface area contributed by atoms with Crippen LogP contribution in [0, 0.1) is 23.2 Å². The van der Waals surface area contributed by atoms with Gasteiger partial charge in [0, 0.05) is 0 Å². The van der Waals surface area contributed by atoms with Crippen molar-refractivity contribution in [2.75, 3.05) is 7.11 Å². The first-order valence-corrected chi connectivity index (χ1v) is 5.26. The fourth-order valence-electron chi connectivity index (χ4n) is 3.20. The standard InChI is InChI=1S/C11H18O3/c1-11(2)7-5-4-6(10(13)14-3)9(12)8(7)11/h6-9,12H,4-5H2,1-3H3/t6?,7-,8-,9?/m1/s1. The van der Waals surface area contributed by atoms with E-state index in [1.165, 1.54) is 7.11 Å². The third-order valence-electron chi connectivity index (χ3n) is 4.21. The van der Waals surface area contributed by atoms with Gasteiger partial charge >= 0.3 is 5.97 Å². The van der Waals surface area contributed by atoms with E-state index in [-0.39, 0.29) is 17.3 Å². The van der Waals surface area contributed by atoms with Gasteiger partial charge in [0.1, 0.15) is 0 Å². The summed E-state index contributed by atoms with van der Waals surface area (Å²) in [6.07, 6.45) is 1.34. The van der Waals surface area contributed by atoms with Crippen LogP contribution in [0.4, 0.5) is 0 Å². The second-order valence-corrected chi connectivity index (χ2v) is 5.15. The molecular weight excluding hydrogens is 180 g/mol. The summed E-state index contributed by atoms with van der Waals surface area (Å²) in [5.41, 5.74) is 0.224. The largest absolute Gasteiger partial charge is 0.469 e. The van der Waals surface area contributed by atoms with Gasteiger partial charge in [0.25, 0.3) is 0 Å². The van der Waals surface area contributed by atoms with Crippen LogP contribution >= 0.6 is 0 Å². The Kier molecular flexibility index (Phi) is 2.11. The van der Waals surface area contributed by atoms with Gasteiger partial charge in [-0.15, -0.1) is 0 Å². The molecule has 4 atom stereocenters. The Labute approximate surface area is 84.4 Å². The van der Waals surface area contributed by atoms with Gasteiger partial charge in [-0.2, -0.15) is 0 Å². The van der Waals surface area contributed by atoms with Crippen molar-refractivity contribution < 1.29 is 14.6 Å². The third kappa shape index (κ3) is 1.18. The molecule has 2 aliphatic carbocycles. The first-order chi connectivity index (χ1) is 6.50. The van der Waals surface area contributed by atoms with Crippen LogP contribution in [0.2, 0.25) is 0 Å². The van der Waals surface area contributed by atoms with Crippen LogP contribution in [-0.4, -0.2) is 24.3 Å². The Balaban J connectivity index is 2.09. The number of aliphatic hydroxyl groups excluding tert-OH is 1. The summed E-state index contributed by atoms with van der Waals surface area (Å²) in [6.45, 7) is 4.34. The average molecular weight is 198 g/mol. The van der Waals surface area contributed by atoms with Crippen LogP contribution < -0.4 is 0 Å². The number of fused-ring (bicyclic) bond motifs is 1. The lowest BCUT2D eigenvalue weighted by Gasteiger charge is -2.24. The molecule has 0 amide bonds. The molecule has 0 heterocycles. The Hall–Kier alpha value is -0.570. The number of hydrogen-bond acceptors (Lipinski definition) is 3. The van der Waals surface area contributed by atoms with E-state index in [1.54, 1.807) is 0 Å². The van der Waals surface area contributed by atoms with E-state index in [0.29, 0.717) is 11.8 Å². The zero-order valence-corrected chi connectivity index (χ0v) is 8.99. The van der Waals surface area contributed by atoms with E-state index in [9.17, 15) is 9.90 Å². The summed E-state index contributed by atoms with van der Waals surface area (Å²) in [4.78, 5) is 11.4. The number of methoxy groups -OCH3 is 1. The molecule has 0 aromatic carbocycles. The molecule has 3 heteroatoms. The molecule has 0 bridgehead atoms. The summed E-state index contributed by atoms with van der Waals surface area (Å²) < 4.78 is 4.70.